The van der Waals surface area contributed by atoms with E-state index >= 15 is 0 Å². The van der Waals surface area contributed by atoms with Crippen molar-refractivity contribution in [1.82, 2.24) is 19.6 Å². The van der Waals surface area contributed by atoms with Crippen LogP contribution in [-0.4, -0.2) is 42.4 Å². The second-order valence-electron chi connectivity index (χ2n) is 7.82. The van der Waals surface area contributed by atoms with E-state index < -0.39 is 10.8 Å². The molecule has 2 bridgehead atoms. The Morgan fingerprint density at radius 3 is 2.61 bits per heavy atom. The molecule has 0 amide bonds. The summed E-state index contributed by atoms with van der Waals surface area (Å²) in [5.74, 6) is 3.33. The van der Waals surface area contributed by atoms with Crippen molar-refractivity contribution in [2.75, 3.05) is 18.0 Å². The molecule has 7 nitrogen and oxygen atoms in total. The summed E-state index contributed by atoms with van der Waals surface area (Å²) in [6.07, 6.45) is 5.00. The topological polar surface area (TPSA) is 87.2 Å². The van der Waals surface area contributed by atoms with Gasteiger partial charge in [0.25, 0.3) is 5.78 Å². The first-order valence-corrected chi connectivity index (χ1v) is 10.8. The van der Waals surface area contributed by atoms with E-state index in [1.54, 1.807) is 6.33 Å². The van der Waals surface area contributed by atoms with Crippen LogP contribution in [0.2, 0.25) is 0 Å². The Morgan fingerprint density at radius 2 is 1.93 bits per heavy atom. The van der Waals surface area contributed by atoms with Gasteiger partial charge in [0, 0.05) is 35.7 Å². The van der Waals surface area contributed by atoms with Gasteiger partial charge in [-0.2, -0.15) is 14.6 Å². The van der Waals surface area contributed by atoms with Gasteiger partial charge in [-0.15, -0.1) is 0 Å². The molecule has 0 radical (unpaired) electrons. The molecule has 0 spiro atoms. The van der Waals surface area contributed by atoms with E-state index in [1.807, 2.05) is 35.7 Å². The van der Waals surface area contributed by atoms with E-state index in [1.165, 1.54) is 18.4 Å². The highest BCUT2D eigenvalue weighted by atomic mass is 32.2. The SMILES string of the molecule is Cc1nc2ncnn2c(N2CC3CC(C3)C2)c1Cc1ccc(S(=O)C=N)cc1. The number of piperidine rings is 2. The fraction of sp³-hybridized carbons (Fsp3) is 0.400. The maximum atomic E-state index is 11.8. The van der Waals surface area contributed by atoms with Crippen LogP contribution in [0.25, 0.3) is 5.78 Å². The van der Waals surface area contributed by atoms with Crippen LogP contribution in [0.1, 0.15) is 29.7 Å². The lowest BCUT2D eigenvalue weighted by atomic mass is 9.71. The largest absolute Gasteiger partial charge is 0.356 e. The van der Waals surface area contributed by atoms with E-state index in [4.69, 9.17) is 5.41 Å². The van der Waals surface area contributed by atoms with Crippen LogP contribution in [0.3, 0.4) is 0 Å². The molecule has 2 aromatic heterocycles. The summed E-state index contributed by atoms with van der Waals surface area (Å²) in [7, 11) is -1.37. The summed E-state index contributed by atoms with van der Waals surface area (Å²) in [5.41, 5.74) is 4.22. The molecule has 3 fully saturated rings. The van der Waals surface area contributed by atoms with Crippen LogP contribution < -0.4 is 4.90 Å². The van der Waals surface area contributed by atoms with E-state index in [2.05, 4.69) is 20.0 Å². The minimum absolute atomic E-state index is 0.646. The molecule has 3 aliphatic rings. The van der Waals surface area contributed by atoms with Crippen molar-refractivity contribution in [3.05, 3.63) is 47.4 Å². The van der Waals surface area contributed by atoms with Crippen LogP contribution in [0.4, 0.5) is 5.82 Å². The molecule has 144 valence electrons. The predicted molar refractivity (Wildman–Crippen MR) is 108 cm³/mol. The van der Waals surface area contributed by atoms with Gasteiger partial charge < -0.3 is 4.90 Å². The molecule has 8 heteroatoms. The van der Waals surface area contributed by atoms with Crippen molar-refractivity contribution in [2.24, 2.45) is 11.8 Å². The number of nitrogens with zero attached hydrogens (tertiary/aromatic N) is 5. The maximum absolute atomic E-state index is 11.8. The second-order valence-corrected chi connectivity index (χ2v) is 9.12. The number of hydrogen-bond acceptors (Lipinski definition) is 6. The zero-order chi connectivity index (χ0) is 19.3. The predicted octanol–water partition coefficient (Wildman–Crippen LogP) is 2.58. The molecule has 2 aliphatic heterocycles. The molecule has 6 rings (SSSR count). The second kappa shape index (κ2) is 6.77. The number of aryl methyl sites for hydroxylation is 1. The number of rotatable bonds is 5. The normalized spacial score (nSPS) is 22.1. The summed E-state index contributed by atoms with van der Waals surface area (Å²) in [4.78, 5) is 12.1. The lowest BCUT2D eigenvalue weighted by molar-refractivity contribution is 0.157. The quantitative estimate of drug-likeness (QED) is 0.531. The third-order valence-corrected chi connectivity index (χ3v) is 6.89. The van der Waals surface area contributed by atoms with Gasteiger partial charge in [0.2, 0.25) is 0 Å². The third-order valence-electron chi connectivity index (χ3n) is 5.94. The summed E-state index contributed by atoms with van der Waals surface area (Å²) in [6.45, 7) is 4.18. The lowest BCUT2D eigenvalue weighted by Gasteiger charge is -2.48. The molecule has 1 aromatic carbocycles. The summed E-state index contributed by atoms with van der Waals surface area (Å²) in [6, 6.07) is 7.64. The molecular formula is C20H22N6OS. The Bertz CT molecular complexity index is 1060. The fourth-order valence-corrected chi connectivity index (χ4v) is 5.10. The Balaban J connectivity index is 1.54. The molecule has 1 N–H and O–H groups in total. The van der Waals surface area contributed by atoms with Crippen LogP contribution in [0, 0.1) is 24.2 Å². The Labute approximate surface area is 165 Å². The van der Waals surface area contributed by atoms with E-state index in [0.29, 0.717) is 10.7 Å². The molecular weight excluding hydrogens is 372 g/mol. The van der Waals surface area contributed by atoms with Crippen molar-refractivity contribution >= 4 is 27.9 Å². The molecule has 4 heterocycles. The van der Waals surface area contributed by atoms with Crippen molar-refractivity contribution in [3.63, 3.8) is 0 Å². The average molecular weight is 395 g/mol. The van der Waals surface area contributed by atoms with Gasteiger partial charge in [0.1, 0.15) is 12.1 Å². The molecule has 3 aromatic rings. The number of fused-ring (bicyclic) bond motifs is 3. The Kier molecular flexibility index (Phi) is 4.23. The Morgan fingerprint density at radius 1 is 1.21 bits per heavy atom. The zero-order valence-electron chi connectivity index (χ0n) is 15.7. The molecule has 28 heavy (non-hydrogen) atoms. The highest BCUT2D eigenvalue weighted by Crippen LogP contribution is 2.42. The van der Waals surface area contributed by atoms with Gasteiger partial charge in [0.15, 0.2) is 0 Å². The first-order valence-electron chi connectivity index (χ1n) is 9.56. The van der Waals surface area contributed by atoms with E-state index in [0.717, 1.165) is 54.0 Å². The van der Waals surface area contributed by atoms with Crippen LogP contribution >= 0.6 is 0 Å². The number of anilines is 1. The fourth-order valence-electron chi connectivity index (χ4n) is 4.56. The smallest absolute Gasteiger partial charge is 0.254 e. The minimum Gasteiger partial charge on any atom is -0.356 e. The Hall–Kier alpha value is -2.61. The van der Waals surface area contributed by atoms with Gasteiger partial charge in [0.05, 0.1) is 16.3 Å². The number of aromatic nitrogens is 4. The highest BCUT2D eigenvalue weighted by molar-refractivity contribution is 7.98. The van der Waals surface area contributed by atoms with Gasteiger partial charge in [-0.3, -0.25) is 5.41 Å². The van der Waals surface area contributed by atoms with Gasteiger partial charge >= 0.3 is 0 Å². The van der Waals surface area contributed by atoms with E-state index in [-0.39, 0.29) is 0 Å². The third kappa shape index (κ3) is 2.92. The van der Waals surface area contributed by atoms with Crippen LogP contribution in [0.5, 0.6) is 0 Å². The molecule has 1 unspecified atom stereocenters. The molecule has 1 atom stereocenters. The van der Waals surface area contributed by atoms with Crippen LogP contribution in [-0.2, 0) is 17.2 Å². The number of benzene rings is 1. The first kappa shape index (κ1) is 17.5. The van der Waals surface area contributed by atoms with Gasteiger partial charge in [-0.25, -0.2) is 9.19 Å². The molecule has 1 aliphatic carbocycles. The van der Waals surface area contributed by atoms with Gasteiger partial charge in [-0.1, -0.05) is 12.1 Å². The summed E-state index contributed by atoms with van der Waals surface area (Å²) in [5, 5.41) is 11.6. The van der Waals surface area contributed by atoms with E-state index in [9.17, 15) is 4.21 Å². The number of hydrogen-bond donors (Lipinski definition) is 1. The number of nitrogens with one attached hydrogen (secondary N) is 1. The first-order chi connectivity index (χ1) is 13.6. The lowest BCUT2D eigenvalue weighted by Crippen LogP contribution is -2.49. The van der Waals surface area contributed by atoms with Crippen LogP contribution in [0.15, 0.2) is 35.5 Å². The maximum Gasteiger partial charge on any atom is 0.254 e. The molecule has 2 saturated heterocycles. The van der Waals surface area contributed by atoms with Crippen molar-refractivity contribution in [2.45, 2.75) is 31.1 Å². The highest BCUT2D eigenvalue weighted by Gasteiger charge is 2.38. The summed E-state index contributed by atoms with van der Waals surface area (Å²) >= 11 is 0. The van der Waals surface area contributed by atoms with Crippen molar-refractivity contribution in [1.29, 1.82) is 5.41 Å². The summed E-state index contributed by atoms with van der Waals surface area (Å²) < 4.78 is 13.7. The van der Waals surface area contributed by atoms with Crippen molar-refractivity contribution in [3.8, 4) is 0 Å². The average Bonchev–Trinajstić information content (AvgIpc) is 3.15. The monoisotopic (exact) mass is 394 g/mol. The van der Waals surface area contributed by atoms with Crippen molar-refractivity contribution < 1.29 is 4.21 Å². The zero-order valence-corrected chi connectivity index (χ0v) is 16.5. The standard InChI is InChI=1S/C20H22N6OS/c1-13-18(8-14-2-4-17(5-3-14)28(27)11-21)19(26-20(24-13)22-12-23-26)25-9-15-6-16(7-15)10-25/h2-5,11-12,15-16,21H,6-10H2,1H3. The van der Waals surface area contributed by atoms with Gasteiger partial charge in [-0.05, 0) is 49.3 Å². The molecule has 1 saturated carbocycles. The minimum atomic E-state index is -1.37.